The van der Waals surface area contributed by atoms with Crippen molar-refractivity contribution < 1.29 is 14.6 Å². The third-order valence-electron chi connectivity index (χ3n) is 2.98. The van der Waals surface area contributed by atoms with Crippen LogP contribution in [0.5, 0.6) is 0 Å². The highest BCUT2D eigenvalue weighted by atomic mass is 32.1. The van der Waals surface area contributed by atoms with Crippen LogP contribution in [-0.4, -0.2) is 54.2 Å². The van der Waals surface area contributed by atoms with Crippen molar-refractivity contribution in [3.63, 3.8) is 0 Å². The maximum absolute atomic E-state index is 12.0. The topological polar surface area (TPSA) is 49.8 Å². The molecular weight excluding hydrogens is 238 g/mol. The minimum absolute atomic E-state index is 0.0103. The first-order valence-electron chi connectivity index (χ1n) is 5.74. The maximum atomic E-state index is 12.0. The molecule has 5 heteroatoms. The lowest BCUT2D eigenvalue weighted by Crippen LogP contribution is -2.51. The molecule has 1 aromatic heterocycles. The molecule has 2 heterocycles. The van der Waals surface area contributed by atoms with E-state index in [2.05, 4.69) is 4.90 Å². The van der Waals surface area contributed by atoms with E-state index in [1.165, 1.54) is 11.3 Å². The predicted molar refractivity (Wildman–Crippen MR) is 66.5 cm³/mol. The van der Waals surface area contributed by atoms with Crippen LogP contribution in [0.2, 0.25) is 0 Å². The molecule has 1 aliphatic heterocycles. The van der Waals surface area contributed by atoms with E-state index in [4.69, 9.17) is 9.84 Å². The summed E-state index contributed by atoms with van der Waals surface area (Å²) in [6, 6.07) is 3.96. The average molecular weight is 255 g/mol. The van der Waals surface area contributed by atoms with Gasteiger partial charge in [0, 0.05) is 12.6 Å². The van der Waals surface area contributed by atoms with Gasteiger partial charge in [0.1, 0.15) is 0 Å². The molecule has 1 aliphatic rings. The Balaban J connectivity index is 1.95. The average Bonchev–Trinajstić information content (AvgIpc) is 2.85. The van der Waals surface area contributed by atoms with Crippen LogP contribution >= 0.6 is 11.3 Å². The molecule has 0 amide bonds. The van der Waals surface area contributed by atoms with E-state index in [1.807, 2.05) is 24.4 Å². The minimum atomic E-state index is -0.165. The summed E-state index contributed by atoms with van der Waals surface area (Å²) in [7, 11) is 0. The van der Waals surface area contributed by atoms with Crippen molar-refractivity contribution >= 4 is 17.1 Å². The highest BCUT2D eigenvalue weighted by molar-refractivity contribution is 7.12. The third kappa shape index (κ3) is 3.13. The van der Waals surface area contributed by atoms with Crippen molar-refractivity contribution in [3.8, 4) is 0 Å². The molecule has 0 aliphatic carbocycles. The molecule has 0 aromatic carbocycles. The Morgan fingerprint density at radius 3 is 3.18 bits per heavy atom. The fourth-order valence-corrected chi connectivity index (χ4v) is 2.56. The first-order chi connectivity index (χ1) is 8.20. The summed E-state index contributed by atoms with van der Waals surface area (Å²) in [6.45, 7) is 3.64. The quantitative estimate of drug-likeness (QED) is 0.816. The zero-order valence-electron chi connectivity index (χ0n) is 9.83. The second kappa shape index (κ2) is 5.73. The van der Waals surface area contributed by atoms with E-state index in [9.17, 15) is 4.79 Å². The van der Waals surface area contributed by atoms with E-state index in [-0.39, 0.29) is 24.5 Å². The summed E-state index contributed by atoms with van der Waals surface area (Å²) in [5, 5.41) is 11.0. The van der Waals surface area contributed by atoms with Crippen LogP contribution in [0.25, 0.3) is 0 Å². The number of aliphatic hydroxyl groups is 1. The van der Waals surface area contributed by atoms with Crippen LogP contribution in [0, 0.1) is 0 Å². The molecule has 0 saturated carbocycles. The van der Waals surface area contributed by atoms with Crippen molar-refractivity contribution in [1.82, 2.24) is 4.90 Å². The molecule has 1 N–H and O–H groups in total. The molecule has 1 saturated heterocycles. The Morgan fingerprint density at radius 1 is 1.71 bits per heavy atom. The molecule has 0 spiro atoms. The number of nitrogens with zero attached hydrogens (tertiary/aromatic N) is 1. The van der Waals surface area contributed by atoms with Crippen molar-refractivity contribution in [2.45, 2.75) is 19.1 Å². The summed E-state index contributed by atoms with van der Waals surface area (Å²) >= 11 is 1.47. The number of carbonyl (C=O) groups is 1. The van der Waals surface area contributed by atoms with Gasteiger partial charge in [-0.15, -0.1) is 11.3 Å². The van der Waals surface area contributed by atoms with Gasteiger partial charge < -0.3 is 9.84 Å². The van der Waals surface area contributed by atoms with Crippen LogP contribution in [0.1, 0.15) is 16.6 Å². The second-order valence-electron chi connectivity index (χ2n) is 4.32. The van der Waals surface area contributed by atoms with E-state index in [0.29, 0.717) is 19.7 Å². The molecule has 1 fully saturated rings. The van der Waals surface area contributed by atoms with Gasteiger partial charge in [-0.1, -0.05) is 6.07 Å². The lowest BCUT2D eigenvalue weighted by Gasteiger charge is -2.36. The summed E-state index contributed by atoms with van der Waals surface area (Å²) in [5.74, 6) is 0.144. The van der Waals surface area contributed by atoms with E-state index >= 15 is 0 Å². The van der Waals surface area contributed by atoms with Crippen molar-refractivity contribution in [3.05, 3.63) is 22.4 Å². The first kappa shape index (κ1) is 12.7. The molecule has 2 rings (SSSR count). The normalized spacial score (nSPS) is 26.0. The Kier molecular flexibility index (Phi) is 4.28. The molecule has 4 nitrogen and oxygen atoms in total. The van der Waals surface area contributed by atoms with Crippen LogP contribution < -0.4 is 0 Å². The van der Waals surface area contributed by atoms with Gasteiger partial charge in [-0.25, -0.2) is 0 Å². The van der Waals surface area contributed by atoms with Gasteiger partial charge in [-0.05, 0) is 18.4 Å². The van der Waals surface area contributed by atoms with E-state index < -0.39 is 0 Å². The lowest BCUT2D eigenvalue weighted by atomic mass is 10.1. The molecule has 94 valence electrons. The zero-order valence-corrected chi connectivity index (χ0v) is 10.7. The summed E-state index contributed by atoms with van der Waals surface area (Å²) < 4.78 is 5.44. The van der Waals surface area contributed by atoms with Gasteiger partial charge in [0.25, 0.3) is 0 Å². The van der Waals surface area contributed by atoms with Crippen molar-refractivity contribution in [2.75, 3.05) is 26.3 Å². The molecule has 0 radical (unpaired) electrons. The second-order valence-corrected chi connectivity index (χ2v) is 5.26. The number of thiophene rings is 1. The van der Waals surface area contributed by atoms with Gasteiger partial charge in [0.05, 0.1) is 30.7 Å². The number of hydrogen-bond donors (Lipinski definition) is 1. The number of aliphatic hydroxyl groups excluding tert-OH is 1. The number of ketones is 1. The Bertz CT molecular complexity index is 366. The van der Waals surface area contributed by atoms with Crippen molar-refractivity contribution in [1.29, 1.82) is 0 Å². The smallest absolute Gasteiger partial charge is 0.186 e. The highest BCUT2D eigenvalue weighted by Gasteiger charge is 2.27. The van der Waals surface area contributed by atoms with Crippen LogP contribution in [0.4, 0.5) is 0 Å². The molecular formula is C12H17NO3S. The van der Waals surface area contributed by atoms with Gasteiger partial charge in [0.15, 0.2) is 5.78 Å². The zero-order chi connectivity index (χ0) is 12.3. The summed E-state index contributed by atoms with van der Waals surface area (Å²) in [4.78, 5) is 14.9. The monoisotopic (exact) mass is 255 g/mol. The number of Topliss-reactive ketones (excluding diaryl/α,β-unsaturated/α-hetero) is 1. The van der Waals surface area contributed by atoms with Gasteiger partial charge in [-0.3, -0.25) is 9.69 Å². The Labute approximate surface area is 105 Å². The highest BCUT2D eigenvalue weighted by Crippen LogP contribution is 2.15. The SMILES string of the molecule is CC1COC(CO)CN1CC(=O)c1cccs1. The number of rotatable bonds is 4. The van der Waals surface area contributed by atoms with Crippen LogP contribution in [-0.2, 0) is 4.74 Å². The van der Waals surface area contributed by atoms with Gasteiger partial charge in [-0.2, -0.15) is 0 Å². The number of ether oxygens (including phenoxy) is 1. The lowest BCUT2D eigenvalue weighted by molar-refractivity contribution is -0.0747. The van der Waals surface area contributed by atoms with Crippen LogP contribution in [0.15, 0.2) is 17.5 Å². The Hall–Kier alpha value is -0.750. The predicted octanol–water partition coefficient (Wildman–Crippen LogP) is 1.01. The van der Waals surface area contributed by atoms with Gasteiger partial charge in [0.2, 0.25) is 0 Å². The number of hydrogen-bond acceptors (Lipinski definition) is 5. The van der Waals surface area contributed by atoms with Gasteiger partial charge >= 0.3 is 0 Å². The molecule has 0 bridgehead atoms. The summed E-state index contributed by atoms with van der Waals surface area (Å²) in [6.07, 6.45) is -0.165. The fourth-order valence-electron chi connectivity index (χ4n) is 1.91. The standard InChI is InChI=1S/C12H17NO3S/c1-9-8-16-10(7-14)5-13(9)6-11(15)12-3-2-4-17-12/h2-4,9-10,14H,5-8H2,1H3. The Morgan fingerprint density at radius 2 is 2.53 bits per heavy atom. The molecule has 2 unspecified atom stereocenters. The third-order valence-corrected chi connectivity index (χ3v) is 3.89. The van der Waals surface area contributed by atoms with Crippen molar-refractivity contribution in [2.24, 2.45) is 0 Å². The number of morpholine rings is 1. The van der Waals surface area contributed by atoms with E-state index in [0.717, 1.165) is 4.88 Å². The molecule has 2 atom stereocenters. The molecule has 17 heavy (non-hydrogen) atoms. The van der Waals surface area contributed by atoms with E-state index in [1.54, 1.807) is 0 Å². The molecule has 1 aromatic rings. The number of carbonyl (C=O) groups excluding carboxylic acids is 1. The first-order valence-corrected chi connectivity index (χ1v) is 6.62. The summed E-state index contributed by atoms with van der Waals surface area (Å²) in [5.41, 5.74) is 0. The maximum Gasteiger partial charge on any atom is 0.186 e. The fraction of sp³-hybridized carbons (Fsp3) is 0.583. The van der Waals surface area contributed by atoms with Crippen LogP contribution in [0.3, 0.4) is 0 Å². The largest absolute Gasteiger partial charge is 0.394 e. The minimum Gasteiger partial charge on any atom is -0.394 e.